The van der Waals surface area contributed by atoms with Crippen LogP contribution in [-0.2, 0) is 23.8 Å². The molecule has 0 aromatic carbocycles. The van der Waals surface area contributed by atoms with Crippen LogP contribution in [0.25, 0.3) is 0 Å². The van der Waals surface area contributed by atoms with Crippen LogP contribution in [-0.4, -0.2) is 48.1 Å². The lowest BCUT2D eigenvalue weighted by Crippen LogP contribution is -2.08. The Labute approximate surface area is 169 Å². The third-order valence-corrected chi connectivity index (χ3v) is 5.63. The van der Waals surface area contributed by atoms with Gasteiger partial charge in [0.1, 0.15) is 0 Å². The minimum Gasteiger partial charge on any atom is -0.481 e. The van der Waals surface area contributed by atoms with E-state index < -0.39 is 11.9 Å². The zero-order valence-corrected chi connectivity index (χ0v) is 17.4. The number of epoxide rings is 2. The molecule has 4 atom stereocenters. The van der Waals surface area contributed by atoms with Gasteiger partial charge < -0.3 is 19.3 Å². The first-order valence-corrected chi connectivity index (χ1v) is 11.3. The fourth-order valence-corrected chi connectivity index (χ4v) is 3.76. The molecule has 0 amide bonds. The molecule has 162 valence electrons. The predicted molar refractivity (Wildman–Crippen MR) is 106 cm³/mol. The number of carboxylic acids is 1. The number of ether oxygens (including phenoxy) is 3. The average molecular weight is 399 g/mol. The molecule has 0 radical (unpaired) electrons. The molecule has 0 aromatic heterocycles. The van der Waals surface area contributed by atoms with Crippen LogP contribution in [0.4, 0.5) is 0 Å². The van der Waals surface area contributed by atoms with Crippen LogP contribution in [0.5, 0.6) is 0 Å². The van der Waals surface area contributed by atoms with Crippen molar-refractivity contribution in [3.8, 4) is 0 Å². The van der Waals surface area contributed by atoms with Crippen molar-refractivity contribution >= 4 is 11.9 Å². The number of esters is 1. The largest absolute Gasteiger partial charge is 0.481 e. The van der Waals surface area contributed by atoms with E-state index in [-0.39, 0.29) is 12.8 Å². The van der Waals surface area contributed by atoms with Gasteiger partial charge in [-0.1, -0.05) is 39.0 Å². The van der Waals surface area contributed by atoms with Crippen LogP contribution in [0.2, 0.25) is 0 Å². The number of carbonyl (C=O) groups excluding carboxylic acids is 1. The molecular formula is C22H38O6. The highest BCUT2D eigenvalue weighted by Gasteiger charge is 2.40. The molecule has 0 spiro atoms. The predicted octanol–water partition coefficient (Wildman–Crippen LogP) is 4.63. The molecule has 2 fully saturated rings. The van der Waals surface area contributed by atoms with Crippen LogP contribution in [0.1, 0.15) is 96.8 Å². The Bertz CT molecular complexity index is 466. The van der Waals surface area contributed by atoms with Gasteiger partial charge in [0, 0.05) is 0 Å². The number of rotatable bonds is 18. The van der Waals surface area contributed by atoms with Gasteiger partial charge in [-0.25, -0.2) is 0 Å². The van der Waals surface area contributed by atoms with Crippen molar-refractivity contribution in [1.29, 1.82) is 0 Å². The van der Waals surface area contributed by atoms with E-state index in [4.69, 9.17) is 19.3 Å². The highest BCUT2D eigenvalue weighted by atomic mass is 16.6. The second kappa shape index (κ2) is 13.2. The summed E-state index contributed by atoms with van der Waals surface area (Å²) < 4.78 is 16.5. The van der Waals surface area contributed by atoms with E-state index in [9.17, 15) is 9.59 Å². The summed E-state index contributed by atoms with van der Waals surface area (Å²) in [7, 11) is 0. The van der Waals surface area contributed by atoms with Crippen molar-refractivity contribution in [2.75, 3.05) is 6.61 Å². The molecule has 2 rings (SSSR count). The maximum Gasteiger partial charge on any atom is 0.306 e. The highest BCUT2D eigenvalue weighted by molar-refractivity contribution is 5.76. The maximum absolute atomic E-state index is 11.3. The van der Waals surface area contributed by atoms with E-state index in [0.717, 1.165) is 25.7 Å². The number of carbonyl (C=O) groups is 2. The van der Waals surface area contributed by atoms with Gasteiger partial charge in [0.25, 0.3) is 0 Å². The molecule has 2 saturated heterocycles. The lowest BCUT2D eigenvalue weighted by atomic mass is 10.0. The van der Waals surface area contributed by atoms with Gasteiger partial charge >= 0.3 is 11.9 Å². The molecule has 0 saturated carbocycles. The average Bonchev–Trinajstić information content (AvgIpc) is 3.58. The molecular weight excluding hydrogens is 360 g/mol. The Hall–Kier alpha value is -1.14. The molecule has 1 N–H and O–H groups in total. The Balaban J connectivity index is 1.33. The Morgan fingerprint density at radius 3 is 1.86 bits per heavy atom. The molecule has 2 heterocycles. The van der Waals surface area contributed by atoms with E-state index in [1.807, 2.05) is 0 Å². The van der Waals surface area contributed by atoms with Crippen molar-refractivity contribution in [3.63, 3.8) is 0 Å². The molecule has 0 aromatic rings. The van der Waals surface area contributed by atoms with Gasteiger partial charge in [0.15, 0.2) is 0 Å². The summed E-state index contributed by atoms with van der Waals surface area (Å²) in [4.78, 5) is 21.7. The first kappa shape index (κ1) is 23.1. The summed E-state index contributed by atoms with van der Waals surface area (Å²) in [6, 6.07) is 0. The van der Waals surface area contributed by atoms with E-state index in [1.54, 1.807) is 0 Å². The molecule has 2 aliphatic rings. The Morgan fingerprint density at radius 2 is 1.29 bits per heavy atom. The topological polar surface area (TPSA) is 88.7 Å². The number of hydrogen-bond acceptors (Lipinski definition) is 5. The van der Waals surface area contributed by atoms with Crippen molar-refractivity contribution < 1.29 is 28.9 Å². The second-order valence-electron chi connectivity index (χ2n) is 8.17. The monoisotopic (exact) mass is 398 g/mol. The molecule has 6 heteroatoms. The van der Waals surface area contributed by atoms with Crippen LogP contribution in [0.3, 0.4) is 0 Å². The van der Waals surface area contributed by atoms with E-state index in [2.05, 4.69) is 6.92 Å². The molecule has 2 aliphatic heterocycles. The van der Waals surface area contributed by atoms with E-state index in [0.29, 0.717) is 31.0 Å². The zero-order chi connectivity index (χ0) is 20.2. The molecule has 0 bridgehead atoms. The van der Waals surface area contributed by atoms with Gasteiger partial charge in [0.2, 0.25) is 0 Å². The molecule has 4 unspecified atom stereocenters. The van der Waals surface area contributed by atoms with E-state index in [1.165, 1.54) is 51.4 Å². The summed E-state index contributed by atoms with van der Waals surface area (Å²) >= 11 is 0. The Morgan fingerprint density at radius 1 is 0.750 bits per heavy atom. The number of carboxylic acid groups (broad SMARTS) is 1. The smallest absolute Gasteiger partial charge is 0.306 e. The van der Waals surface area contributed by atoms with Gasteiger partial charge in [-0.05, 0) is 44.9 Å². The first-order valence-electron chi connectivity index (χ1n) is 11.3. The summed E-state index contributed by atoms with van der Waals surface area (Å²) in [6.07, 6.45) is 15.8. The van der Waals surface area contributed by atoms with Crippen molar-refractivity contribution in [3.05, 3.63) is 0 Å². The quantitative estimate of drug-likeness (QED) is 0.206. The van der Waals surface area contributed by atoms with Gasteiger partial charge in [-0.15, -0.1) is 0 Å². The molecule has 0 aliphatic carbocycles. The first-order chi connectivity index (χ1) is 13.6. The zero-order valence-electron chi connectivity index (χ0n) is 17.4. The second-order valence-corrected chi connectivity index (χ2v) is 8.17. The van der Waals surface area contributed by atoms with Gasteiger partial charge in [-0.3, -0.25) is 9.59 Å². The van der Waals surface area contributed by atoms with Crippen molar-refractivity contribution in [1.82, 2.24) is 0 Å². The lowest BCUT2D eigenvalue weighted by Gasteiger charge is -2.03. The lowest BCUT2D eigenvalue weighted by molar-refractivity contribution is -0.147. The molecule has 28 heavy (non-hydrogen) atoms. The third-order valence-electron chi connectivity index (χ3n) is 5.63. The fourth-order valence-electron chi connectivity index (χ4n) is 3.76. The van der Waals surface area contributed by atoms with Crippen molar-refractivity contribution in [2.45, 2.75) is 121 Å². The van der Waals surface area contributed by atoms with Crippen LogP contribution < -0.4 is 0 Å². The van der Waals surface area contributed by atoms with Crippen LogP contribution in [0, 0.1) is 0 Å². The van der Waals surface area contributed by atoms with Crippen LogP contribution >= 0.6 is 0 Å². The standard InChI is InChI=1S/C22H38O6/c1-2-3-4-5-6-10-17-19(27-17)12-9-13-20-18(28-20)11-7-8-16-26-22(25)15-14-21(23)24/h17-20H,2-16H2,1H3,(H,23,24). The summed E-state index contributed by atoms with van der Waals surface area (Å²) in [5.41, 5.74) is 0. The summed E-state index contributed by atoms with van der Waals surface area (Å²) in [6.45, 7) is 2.62. The van der Waals surface area contributed by atoms with Gasteiger partial charge in [0.05, 0.1) is 43.9 Å². The maximum atomic E-state index is 11.3. The van der Waals surface area contributed by atoms with Gasteiger partial charge in [-0.2, -0.15) is 0 Å². The SMILES string of the molecule is CCCCCCCC1OC1CCCC1OC1CCCCOC(=O)CCC(=O)O. The number of aliphatic carboxylic acids is 1. The number of hydrogen-bond donors (Lipinski definition) is 1. The number of unbranched alkanes of at least 4 members (excludes halogenated alkanes) is 5. The summed E-state index contributed by atoms with van der Waals surface area (Å²) in [5, 5.41) is 8.50. The molecule has 6 nitrogen and oxygen atoms in total. The fraction of sp³-hybridized carbons (Fsp3) is 0.909. The minimum absolute atomic E-state index is 0.0480. The third kappa shape index (κ3) is 10.4. The summed E-state index contributed by atoms with van der Waals surface area (Å²) in [5.74, 6) is -1.40. The Kier molecular flexibility index (Phi) is 10.9. The van der Waals surface area contributed by atoms with Crippen LogP contribution in [0.15, 0.2) is 0 Å². The highest BCUT2D eigenvalue weighted by Crippen LogP contribution is 2.35. The minimum atomic E-state index is -0.972. The normalized spacial score (nSPS) is 25.5. The van der Waals surface area contributed by atoms with Crippen molar-refractivity contribution in [2.24, 2.45) is 0 Å². The van der Waals surface area contributed by atoms with E-state index >= 15 is 0 Å².